The molecule has 9 N–H and O–H groups in total. The maximum absolute atomic E-state index is 12.8. The number of carboxylic acid groups (broad SMARTS) is 1. The number of aliphatic carboxylic acids is 1. The number of carboxylic acids is 1. The summed E-state index contributed by atoms with van der Waals surface area (Å²) in [6, 6.07) is 6.86. The summed E-state index contributed by atoms with van der Waals surface area (Å²) < 4.78 is 59.6. The third-order valence-electron chi connectivity index (χ3n) is 4.27. The van der Waals surface area contributed by atoms with Crippen molar-refractivity contribution in [3.63, 3.8) is 0 Å². The molecule has 2 aromatic rings. The second kappa shape index (κ2) is 14.5. The van der Waals surface area contributed by atoms with Crippen LogP contribution in [-0.2, 0) is 35.7 Å². The summed E-state index contributed by atoms with van der Waals surface area (Å²) in [5, 5.41) is 19.1. The van der Waals surface area contributed by atoms with Crippen molar-refractivity contribution in [2.75, 3.05) is 23.2 Å². The van der Waals surface area contributed by atoms with Gasteiger partial charge in [-0.05, 0) is 42.8 Å². The van der Waals surface area contributed by atoms with Gasteiger partial charge in [0.1, 0.15) is 5.69 Å². The molecule has 0 unspecified atom stereocenters. The van der Waals surface area contributed by atoms with Crippen LogP contribution in [0.4, 0.5) is 24.5 Å². The fourth-order valence-corrected chi connectivity index (χ4v) is 3.83. The number of carbonyl (C=O) groups is 3. The zero-order valence-electron chi connectivity index (χ0n) is 20.9. The number of anilines is 2. The molecule has 0 aliphatic carbocycles. The van der Waals surface area contributed by atoms with Crippen molar-refractivity contribution >= 4 is 45.1 Å². The lowest BCUT2D eigenvalue weighted by atomic mass is 10.1. The lowest BCUT2D eigenvalue weighted by molar-refractivity contribution is -0.192. The minimum Gasteiger partial charge on any atom is -0.475 e. The summed E-state index contributed by atoms with van der Waals surface area (Å²) in [6.45, 7) is 3.03. The number of aryl methyl sites for hydroxylation is 1. The van der Waals surface area contributed by atoms with E-state index in [0.29, 0.717) is 11.4 Å². The number of rotatable bonds is 10. The summed E-state index contributed by atoms with van der Waals surface area (Å²) in [5.74, 6) is -3.93. The molecule has 0 spiro atoms. The molecular weight excluding hydrogens is 567 g/mol. The number of hydrogen-bond acceptors (Lipinski definition) is 8. The van der Waals surface area contributed by atoms with E-state index >= 15 is 0 Å². The van der Waals surface area contributed by atoms with Gasteiger partial charge in [0.15, 0.2) is 0 Å². The van der Waals surface area contributed by atoms with E-state index in [9.17, 15) is 36.0 Å². The van der Waals surface area contributed by atoms with E-state index in [4.69, 9.17) is 25.9 Å². The molecule has 2 amide bonds. The largest absolute Gasteiger partial charge is 0.490 e. The first-order valence-corrected chi connectivity index (χ1v) is 12.3. The van der Waals surface area contributed by atoms with Crippen LogP contribution in [0.1, 0.15) is 18.2 Å². The lowest BCUT2D eigenvalue weighted by Crippen LogP contribution is -2.35. The maximum Gasteiger partial charge on any atom is 0.490 e. The van der Waals surface area contributed by atoms with Gasteiger partial charge < -0.3 is 26.5 Å². The summed E-state index contributed by atoms with van der Waals surface area (Å²) in [7, 11) is -4.16. The third kappa shape index (κ3) is 11.8. The van der Waals surface area contributed by atoms with Crippen LogP contribution in [0, 0.1) is 12.3 Å². The lowest BCUT2D eigenvalue weighted by Gasteiger charge is -2.13. The minimum absolute atomic E-state index is 0.0215. The highest BCUT2D eigenvalue weighted by atomic mass is 32.2. The Balaban J connectivity index is 0.00000101. The van der Waals surface area contributed by atoms with Crippen molar-refractivity contribution in [1.82, 2.24) is 15.8 Å². The maximum atomic E-state index is 12.8. The molecule has 0 fully saturated rings. The monoisotopic (exact) mass is 593 g/mol. The second-order valence-electron chi connectivity index (χ2n) is 7.69. The summed E-state index contributed by atoms with van der Waals surface area (Å²) in [6.07, 6.45) is -5.36. The van der Waals surface area contributed by atoms with Gasteiger partial charge in [0.25, 0.3) is 15.6 Å². The molecule has 0 radical (unpaired) electrons. The smallest absolute Gasteiger partial charge is 0.475 e. The summed E-state index contributed by atoms with van der Waals surface area (Å²) >= 11 is 0. The van der Waals surface area contributed by atoms with Gasteiger partial charge in [0.2, 0.25) is 17.8 Å². The molecule has 0 saturated heterocycles. The SMILES string of the molecule is CC(=O)Nc1ccc(S(=O)(=O)Nc2c(CC(=O)NCCONC(=N)N)cc(C)[nH]c2=O)cc1.O=C(O)C(F)(F)F. The molecule has 40 heavy (non-hydrogen) atoms. The van der Waals surface area contributed by atoms with Crippen LogP contribution >= 0.6 is 0 Å². The molecule has 1 aromatic carbocycles. The molecule has 0 saturated carbocycles. The van der Waals surface area contributed by atoms with Crippen molar-refractivity contribution < 1.29 is 45.9 Å². The van der Waals surface area contributed by atoms with Gasteiger partial charge in [-0.1, -0.05) is 0 Å². The standard InChI is InChI=1S/C19H25N7O6S.C2HF3O2/c1-11-9-13(10-16(28)22-7-8-32-25-19(20)21)17(18(29)23-11)26-33(30,31)15-5-3-14(4-6-15)24-12(2)27;3-2(4,5)1(6)7/h3-6,9,26H,7-8,10H2,1-2H3,(H,22,28)(H,23,29)(H,24,27)(H4,20,21,25);(H,6,7). The van der Waals surface area contributed by atoms with Gasteiger partial charge in [-0.2, -0.15) is 13.2 Å². The third-order valence-corrected chi connectivity index (χ3v) is 5.64. The molecule has 1 aromatic heterocycles. The van der Waals surface area contributed by atoms with Crippen molar-refractivity contribution in [1.29, 1.82) is 5.41 Å². The Labute approximate surface area is 224 Å². The molecule has 0 atom stereocenters. The Bertz CT molecular complexity index is 1390. The van der Waals surface area contributed by atoms with Crippen LogP contribution < -0.4 is 32.1 Å². The van der Waals surface area contributed by atoms with Crippen molar-refractivity contribution in [2.45, 2.75) is 31.3 Å². The molecule has 0 bridgehead atoms. The second-order valence-corrected chi connectivity index (χ2v) is 9.37. The Morgan fingerprint density at radius 3 is 2.25 bits per heavy atom. The van der Waals surface area contributed by atoms with E-state index in [2.05, 4.69) is 25.8 Å². The van der Waals surface area contributed by atoms with E-state index in [1.54, 1.807) is 6.92 Å². The molecular formula is C21H26F3N7O8S. The minimum atomic E-state index is -5.08. The predicted octanol–water partition coefficient (Wildman–Crippen LogP) is 0.149. The number of pyridine rings is 1. The predicted molar refractivity (Wildman–Crippen MR) is 135 cm³/mol. The highest BCUT2D eigenvalue weighted by Crippen LogP contribution is 2.20. The molecule has 19 heteroatoms. The number of carbonyl (C=O) groups excluding carboxylic acids is 2. The van der Waals surface area contributed by atoms with E-state index < -0.39 is 33.6 Å². The van der Waals surface area contributed by atoms with Crippen LogP contribution in [0.2, 0.25) is 0 Å². The van der Waals surface area contributed by atoms with Gasteiger partial charge >= 0.3 is 12.1 Å². The molecule has 220 valence electrons. The summed E-state index contributed by atoms with van der Waals surface area (Å²) in [4.78, 5) is 51.9. The van der Waals surface area contributed by atoms with Crippen LogP contribution in [0.15, 0.2) is 40.0 Å². The van der Waals surface area contributed by atoms with E-state index in [1.165, 1.54) is 37.3 Å². The Hall–Kier alpha value is -4.65. The van der Waals surface area contributed by atoms with E-state index in [0.717, 1.165) is 0 Å². The fraction of sp³-hybridized carbons (Fsp3) is 0.286. The van der Waals surface area contributed by atoms with Crippen LogP contribution in [0.25, 0.3) is 0 Å². The van der Waals surface area contributed by atoms with E-state index in [1.807, 2.05) is 0 Å². The highest BCUT2D eigenvalue weighted by molar-refractivity contribution is 7.92. The van der Waals surface area contributed by atoms with Crippen LogP contribution in [0.5, 0.6) is 0 Å². The summed E-state index contributed by atoms with van der Waals surface area (Å²) in [5.41, 5.74) is 7.22. The van der Waals surface area contributed by atoms with E-state index in [-0.39, 0.29) is 47.6 Å². The normalized spacial score (nSPS) is 10.9. The van der Waals surface area contributed by atoms with Crippen molar-refractivity contribution in [3.8, 4) is 0 Å². The molecule has 1 heterocycles. The molecule has 0 aliphatic heterocycles. The number of hydroxylamine groups is 1. The van der Waals surface area contributed by atoms with Gasteiger partial charge in [-0.15, -0.1) is 0 Å². The molecule has 2 rings (SSSR count). The number of halogens is 3. The Morgan fingerprint density at radius 1 is 1.18 bits per heavy atom. The number of nitrogens with two attached hydrogens (primary N) is 1. The number of sulfonamides is 1. The number of nitrogens with one attached hydrogen (secondary N) is 6. The number of guanidine groups is 1. The van der Waals surface area contributed by atoms with Gasteiger partial charge in [-0.3, -0.25) is 29.4 Å². The zero-order valence-corrected chi connectivity index (χ0v) is 21.7. The number of alkyl halides is 3. The number of amides is 2. The molecule has 15 nitrogen and oxygen atoms in total. The first-order chi connectivity index (χ1) is 18.4. The Morgan fingerprint density at radius 2 is 1.75 bits per heavy atom. The van der Waals surface area contributed by atoms with Gasteiger partial charge in [-0.25, -0.2) is 18.7 Å². The number of aromatic amines is 1. The first kappa shape index (κ1) is 33.4. The average molecular weight is 594 g/mol. The van der Waals surface area contributed by atoms with Gasteiger partial charge in [0, 0.05) is 24.8 Å². The van der Waals surface area contributed by atoms with Crippen molar-refractivity contribution in [2.24, 2.45) is 5.73 Å². The molecule has 0 aliphatic rings. The topological polar surface area (TPSA) is 246 Å². The van der Waals surface area contributed by atoms with Crippen LogP contribution in [0.3, 0.4) is 0 Å². The zero-order chi connectivity index (χ0) is 30.7. The number of H-pyrrole nitrogens is 1. The number of benzene rings is 1. The first-order valence-electron chi connectivity index (χ1n) is 10.8. The number of hydrogen-bond donors (Lipinski definition) is 8. The fourth-order valence-electron chi connectivity index (χ4n) is 2.73. The quantitative estimate of drug-likeness (QED) is 0.0802. The number of aromatic nitrogens is 1. The average Bonchev–Trinajstić information content (AvgIpc) is 2.80. The Kier molecular flexibility index (Phi) is 12.1. The van der Waals surface area contributed by atoms with Crippen molar-refractivity contribution in [3.05, 3.63) is 51.9 Å². The van der Waals surface area contributed by atoms with Crippen LogP contribution in [-0.4, -0.2) is 61.6 Å². The highest BCUT2D eigenvalue weighted by Gasteiger charge is 2.38. The van der Waals surface area contributed by atoms with Gasteiger partial charge in [0.05, 0.1) is 17.9 Å².